The van der Waals surface area contributed by atoms with Crippen molar-refractivity contribution < 1.29 is 19.4 Å². The molecule has 0 aliphatic rings. The van der Waals surface area contributed by atoms with Gasteiger partial charge in [-0.3, -0.25) is 0 Å². The van der Waals surface area contributed by atoms with Crippen molar-refractivity contribution in [2.45, 2.75) is 20.0 Å². The lowest BCUT2D eigenvalue weighted by atomic mass is 10.2. The van der Waals surface area contributed by atoms with Crippen LogP contribution in [0.4, 0.5) is 0 Å². The molecule has 1 unspecified atom stereocenters. The van der Waals surface area contributed by atoms with Crippen LogP contribution in [0.2, 0.25) is 0 Å². The third-order valence-electron chi connectivity index (χ3n) is 2.38. The zero-order valence-corrected chi connectivity index (χ0v) is 9.04. The first-order valence-corrected chi connectivity index (χ1v) is 4.94. The molecule has 0 saturated heterocycles. The number of hydrogen-bond donors (Lipinski definition) is 1. The molecule has 0 saturated carbocycles. The summed E-state index contributed by atoms with van der Waals surface area (Å²) in [5, 5.41) is 24.5. The summed E-state index contributed by atoms with van der Waals surface area (Å²) in [5.41, 5.74) is 1.81. The highest BCUT2D eigenvalue weighted by Gasteiger charge is 2.25. The van der Waals surface area contributed by atoms with Gasteiger partial charge in [-0.05, 0) is 18.5 Å². The molecule has 0 fully saturated rings. The van der Waals surface area contributed by atoms with Crippen molar-refractivity contribution in [2.75, 3.05) is 0 Å². The lowest BCUT2D eigenvalue weighted by Crippen LogP contribution is -2.38. The highest BCUT2D eigenvalue weighted by atomic mass is 16.6. The average molecular weight is 220 g/mol. The molecule has 2 rings (SSSR count). The van der Waals surface area contributed by atoms with Gasteiger partial charge in [-0.1, -0.05) is 18.2 Å². The topological polar surface area (TPSA) is 73.2 Å². The van der Waals surface area contributed by atoms with Crippen molar-refractivity contribution in [3.8, 4) is 11.6 Å². The van der Waals surface area contributed by atoms with Crippen LogP contribution in [0.5, 0.6) is 5.95 Å². The summed E-state index contributed by atoms with van der Waals surface area (Å²) < 4.78 is 5.90. The molecule has 0 aliphatic carbocycles. The smallest absolute Gasteiger partial charge is 0.268 e. The van der Waals surface area contributed by atoms with Crippen molar-refractivity contribution in [2.24, 2.45) is 0 Å². The molecule has 1 aromatic carbocycles. The molecule has 5 heteroatoms. The Morgan fingerprint density at radius 3 is 2.75 bits per heavy atom. The van der Waals surface area contributed by atoms with Crippen LogP contribution in [0.25, 0.3) is 5.69 Å². The summed E-state index contributed by atoms with van der Waals surface area (Å²) in [6, 6.07) is 7.43. The highest BCUT2D eigenvalue weighted by Crippen LogP contribution is 2.18. The van der Waals surface area contributed by atoms with Gasteiger partial charge in [0.05, 0.1) is 5.27 Å². The number of nitrogens with zero attached hydrogens (tertiary/aromatic N) is 2. The number of aromatic nitrogens is 2. The zero-order chi connectivity index (χ0) is 11.7. The van der Waals surface area contributed by atoms with Crippen LogP contribution in [-0.2, 0) is 0 Å². The lowest BCUT2D eigenvalue weighted by Gasteiger charge is -2.01. The predicted octanol–water partition coefficient (Wildman–Crippen LogP) is 0.387. The van der Waals surface area contributed by atoms with Crippen molar-refractivity contribution in [3.05, 3.63) is 35.5 Å². The first kappa shape index (κ1) is 10.6. The molecule has 16 heavy (non-hydrogen) atoms. The van der Waals surface area contributed by atoms with E-state index in [4.69, 9.17) is 0 Å². The fraction of sp³-hybridized carbons (Fsp3) is 0.273. The fourth-order valence-corrected chi connectivity index (χ4v) is 1.58. The second kappa shape index (κ2) is 3.94. The van der Waals surface area contributed by atoms with Gasteiger partial charge in [0, 0.05) is 11.6 Å². The van der Waals surface area contributed by atoms with E-state index >= 15 is 0 Å². The molecule has 0 spiro atoms. The van der Waals surface area contributed by atoms with E-state index in [2.05, 4.69) is 9.79 Å². The van der Waals surface area contributed by atoms with Gasteiger partial charge in [0.1, 0.15) is 6.10 Å². The SMILES string of the molecule is Cc1ccccc1-[n+]1noc([O-])c1C(C)O. The van der Waals surface area contributed by atoms with Gasteiger partial charge in [0.25, 0.3) is 5.69 Å². The molecule has 1 heterocycles. The maximum atomic E-state index is 11.4. The Bertz CT molecular complexity index is 506. The first-order chi connectivity index (χ1) is 7.61. The van der Waals surface area contributed by atoms with E-state index in [9.17, 15) is 10.2 Å². The second-order valence-electron chi connectivity index (χ2n) is 3.62. The van der Waals surface area contributed by atoms with Crippen molar-refractivity contribution in [3.63, 3.8) is 0 Å². The van der Waals surface area contributed by atoms with E-state index in [0.29, 0.717) is 0 Å². The minimum absolute atomic E-state index is 0.134. The Hall–Kier alpha value is -1.88. The summed E-state index contributed by atoms with van der Waals surface area (Å²) >= 11 is 0. The van der Waals surface area contributed by atoms with Crippen molar-refractivity contribution >= 4 is 0 Å². The van der Waals surface area contributed by atoms with Crippen LogP contribution in [-0.4, -0.2) is 10.4 Å². The van der Waals surface area contributed by atoms with Gasteiger partial charge in [-0.15, -0.1) is 0 Å². The van der Waals surface area contributed by atoms with Crippen LogP contribution in [0.15, 0.2) is 28.8 Å². The van der Waals surface area contributed by atoms with E-state index < -0.39 is 12.1 Å². The Morgan fingerprint density at radius 2 is 2.12 bits per heavy atom. The zero-order valence-electron chi connectivity index (χ0n) is 9.04. The molecule has 1 N–H and O–H groups in total. The molecule has 0 bridgehead atoms. The highest BCUT2D eigenvalue weighted by molar-refractivity contribution is 5.32. The molecular weight excluding hydrogens is 208 g/mol. The van der Waals surface area contributed by atoms with E-state index in [1.54, 1.807) is 0 Å². The van der Waals surface area contributed by atoms with Crippen molar-refractivity contribution in [1.29, 1.82) is 0 Å². The van der Waals surface area contributed by atoms with Gasteiger partial charge in [-0.25, -0.2) is 0 Å². The summed E-state index contributed by atoms with van der Waals surface area (Å²) in [5.74, 6) is -0.613. The Morgan fingerprint density at radius 1 is 1.44 bits per heavy atom. The molecule has 0 radical (unpaired) electrons. The Labute approximate surface area is 92.5 Å². The normalized spacial score (nSPS) is 12.7. The van der Waals surface area contributed by atoms with Crippen molar-refractivity contribution in [1.82, 2.24) is 5.27 Å². The molecule has 0 aliphatic heterocycles. The molecule has 2 aromatic rings. The standard InChI is InChI=1S/C11H12N2O3/c1-7-5-3-4-6-9(7)13-10(8(2)14)11(15)16-12-13/h3-6,8,14H,1-2H3. The molecule has 1 atom stereocenters. The van der Waals surface area contributed by atoms with Gasteiger partial charge in [-0.2, -0.15) is 0 Å². The largest absolute Gasteiger partial charge is 0.539 e. The van der Waals surface area contributed by atoms with E-state index in [-0.39, 0.29) is 5.69 Å². The summed E-state index contributed by atoms with van der Waals surface area (Å²) in [6.07, 6.45) is -0.918. The second-order valence-corrected chi connectivity index (χ2v) is 3.62. The summed E-state index contributed by atoms with van der Waals surface area (Å²) in [4.78, 5) is 0. The van der Waals surface area contributed by atoms with Gasteiger partial charge < -0.3 is 14.7 Å². The lowest BCUT2D eigenvalue weighted by molar-refractivity contribution is -0.681. The number of aryl methyl sites for hydroxylation is 1. The third kappa shape index (κ3) is 1.65. The minimum Gasteiger partial charge on any atom is -0.539 e. The number of aliphatic hydroxyl groups is 1. The molecule has 84 valence electrons. The van der Waals surface area contributed by atoms with Crippen LogP contribution in [0.1, 0.15) is 24.3 Å². The minimum atomic E-state index is -0.918. The van der Waals surface area contributed by atoms with E-state index in [1.165, 1.54) is 11.6 Å². The Balaban J connectivity index is 2.61. The fourth-order valence-electron chi connectivity index (χ4n) is 1.58. The van der Waals surface area contributed by atoms with Gasteiger partial charge >= 0.3 is 0 Å². The number of para-hydroxylation sites is 1. The molecule has 5 nitrogen and oxygen atoms in total. The number of benzene rings is 1. The average Bonchev–Trinajstić information content (AvgIpc) is 2.61. The predicted molar refractivity (Wildman–Crippen MR) is 52.9 cm³/mol. The monoisotopic (exact) mass is 220 g/mol. The molecule has 0 amide bonds. The van der Waals surface area contributed by atoms with E-state index in [1.807, 2.05) is 31.2 Å². The number of hydrogen-bond acceptors (Lipinski definition) is 4. The number of aliphatic hydroxyl groups excluding tert-OH is 1. The maximum Gasteiger partial charge on any atom is 0.268 e. The van der Waals surface area contributed by atoms with Gasteiger partial charge in [0.2, 0.25) is 5.69 Å². The summed E-state index contributed by atoms with van der Waals surface area (Å²) in [6.45, 7) is 3.40. The first-order valence-electron chi connectivity index (χ1n) is 4.94. The van der Waals surface area contributed by atoms with Crippen LogP contribution in [0.3, 0.4) is 0 Å². The van der Waals surface area contributed by atoms with Gasteiger partial charge in [0.15, 0.2) is 5.95 Å². The van der Waals surface area contributed by atoms with Crippen LogP contribution >= 0.6 is 0 Å². The maximum absolute atomic E-state index is 11.4. The molecule has 1 aromatic heterocycles. The molecular formula is C11H12N2O3. The van der Waals surface area contributed by atoms with Crippen LogP contribution in [0, 0.1) is 6.92 Å². The van der Waals surface area contributed by atoms with Crippen LogP contribution < -0.4 is 9.79 Å². The van der Waals surface area contributed by atoms with E-state index in [0.717, 1.165) is 11.3 Å². The quantitative estimate of drug-likeness (QED) is 0.743. The Kier molecular flexibility index (Phi) is 2.62. The summed E-state index contributed by atoms with van der Waals surface area (Å²) in [7, 11) is 0. The number of rotatable bonds is 2. The third-order valence-corrected chi connectivity index (χ3v) is 2.38.